The molecular weight excluding hydrogens is 326 g/mol. The van der Waals surface area contributed by atoms with Crippen molar-refractivity contribution < 1.29 is 0 Å². The molecule has 21 heavy (non-hydrogen) atoms. The highest BCUT2D eigenvalue weighted by Gasteiger charge is 2.34. The van der Waals surface area contributed by atoms with E-state index in [1.54, 1.807) is 0 Å². The molecule has 1 saturated carbocycles. The molecule has 1 saturated heterocycles. The Kier molecular flexibility index (Phi) is 3.78. The molecule has 2 aromatic rings. The van der Waals surface area contributed by atoms with E-state index in [2.05, 4.69) is 55.5 Å². The molecular formula is C17H22BrN3. The van der Waals surface area contributed by atoms with Gasteiger partial charge in [0, 0.05) is 53.8 Å². The lowest BCUT2D eigenvalue weighted by Crippen LogP contribution is -2.47. The number of halogens is 1. The van der Waals surface area contributed by atoms with Gasteiger partial charge in [-0.25, -0.2) is 0 Å². The van der Waals surface area contributed by atoms with Crippen molar-refractivity contribution in [2.45, 2.75) is 25.3 Å². The van der Waals surface area contributed by atoms with Crippen LogP contribution in [0.4, 0.5) is 0 Å². The first-order valence-electron chi connectivity index (χ1n) is 8.04. The fourth-order valence-corrected chi connectivity index (χ4v) is 4.18. The molecule has 0 spiro atoms. The molecule has 0 bridgehead atoms. The summed E-state index contributed by atoms with van der Waals surface area (Å²) in [4.78, 5) is 6.17. The van der Waals surface area contributed by atoms with E-state index < -0.39 is 0 Å². The van der Waals surface area contributed by atoms with Gasteiger partial charge in [0.15, 0.2) is 0 Å². The molecule has 1 aromatic carbocycles. The SMILES string of the molecule is Brc1ccc2[nH]cc([C@@H](C3CCC3)N3CCNCC3)c2c1. The third kappa shape index (κ3) is 2.54. The third-order valence-electron chi connectivity index (χ3n) is 5.14. The zero-order chi connectivity index (χ0) is 14.2. The van der Waals surface area contributed by atoms with Crippen molar-refractivity contribution in [3.05, 3.63) is 34.4 Å². The van der Waals surface area contributed by atoms with Crippen LogP contribution in [0.15, 0.2) is 28.9 Å². The highest BCUT2D eigenvalue weighted by molar-refractivity contribution is 9.10. The molecule has 0 amide bonds. The van der Waals surface area contributed by atoms with Gasteiger partial charge in [-0.05, 0) is 42.5 Å². The van der Waals surface area contributed by atoms with Gasteiger partial charge >= 0.3 is 0 Å². The van der Waals surface area contributed by atoms with E-state index in [4.69, 9.17) is 0 Å². The van der Waals surface area contributed by atoms with Gasteiger partial charge in [-0.1, -0.05) is 22.4 Å². The second-order valence-electron chi connectivity index (χ2n) is 6.36. The summed E-state index contributed by atoms with van der Waals surface area (Å²) in [5.41, 5.74) is 2.76. The maximum Gasteiger partial charge on any atom is 0.0458 e. The molecule has 0 radical (unpaired) electrons. The highest BCUT2D eigenvalue weighted by Crippen LogP contribution is 2.43. The normalized spacial score (nSPS) is 22.3. The van der Waals surface area contributed by atoms with Crippen LogP contribution in [0.3, 0.4) is 0 Å². The average Bonchev–Trinajstić information content (AvgIpc) is 2.86. The number of nitrogens with one attached hydrogen (secondary N) is 2. The number of hydrogen-bond donors (Lipinski definition) is 2. The van der Waals surface area contributed by atoms with Gasteiger partial charge in [0.25, 0.3) is 0 Å². The van der Waals surface area contributed by atoms with E-state index >= 15 is 0 Å². The van der Waals surface area contributed by atoms with Crippen LogP contribution in [0.5, 0.6) is 0 Å². The molecule has 1 atom stereocenters. The van der Waals surface area contributed by atoms with Crippen LogP contribution in [0.1, 0.15) is 30.9 Å². The van der Waals surface area contributed by atoms with Crippen LogP contribution >= 0.6 is 15.9 Å². The summed E-state index contributed by atoms with van der Waals surface area (Å²) in [7, 11) is 0. The van der Waals surface area contributed by atoms with Crippen molar-refractivity contribution in [1.82, 2.24) is 15.2 Å². The van der Waals surface area contributed by atoms with Gasteiger partial charge in [-0.3, -0.25) is 4.90 Å². The van der Waals surface area contributed by atoms with Gasteiger partial charge in [-0.15, -0.1) is 0 Å². The van der Waals surface area contributed by atoms with Crippen LogP contribution in [0.25, 0.3) is 10.9 Å². The number of hydrogen-bond acceptors (Lipinski definition) is 2. The number of fused-ring (bicyclic) bond motifs is 1. The number of rotatable bonds is 3. The van der Waals surface area contributed by atoms with Crippen molar-refractivity contribution in [3.8, 4) is 0 Å². The molecule has 4 heteroatoms. The largest absolute Gasteiger partial charge is 0.361 e. The van der Waals surface area contributed by atoms with E-state index in [1.807, 2.05) is 0 Å². The minimum Gasteiger partial charge on any atom is -0.361 e. The molecule has 1 aliphatic carbocycles. The molecule has 3 nitrogen and oxygen atoms in total. The molecule has 112 valence electrons. The van der Waals surface area contributed by atoms with Crippen molar-refractivity contribution in [2.75, 3.05) is 26.2 Å². The Hall–Kier alpha value is -0.840. The lowest BCUT2D eigenvalue weighted by Gasteiger charge is -2.43. The van der Waals surface area contributed by atoms with Gasteiger partial charge < -0.3 is 10.3 Å². The van der Waals surface area contributed by atoms with Crippen LogP contribution in [-0.4, -0.2) is 36.1 Å². The fourth-order valence-electron chi connectivity index (χ4n) is 3.82. The second-order valence-corrected chi connectivity index (χ2v) is 7.27. The molecule has 2 heterocycles. The van der Waals surface area contributed by atoms with E-state index in [0.717, 1.165) is 19.0 Å². The summed E-state index contributed by atoms with van der Waals surface area (Å²) in [6, 6.07) is 7.16. The third-order valence-corrected chi connectivity index (χ3v) is 5.63. The Morgan fingerprint density at radius 1 is 1.19 bits per heavy atom. The minimum absolute atomic E-state index is 0.587. The fraction of sp³-hybridized carbons (Fsp3) is 0.529. The monoisotopic (exact) mass is 347 g/mol. The lowest BCUT2D eigenvalue weighted by molar-refractivity contribution is 0.0846. The van der Waals surface area contributed by atoms with Crippen molar-refractivity contribution in [1.29, 1.82) is 0 Å². The van der Waals surface area contributed by atoms with Gasteiger partial charge in [0.1, 0.15) is 0 Å². The molecule has 2 fully saturated rings. The average molecular weight is 348 g/mol. The first kappa shape index (κ1) is 13.8. The van der Waals surface area contributed by atoms with Crippen molar-refractivity contribution in [2.24, 2.45) is 5.92 Å². The summed E-state index contributed by atoms with van der Waals surface area (Å²) >= 11 is 3.63. The Bertz CT molecular complexity index is 626. The standard InChI is InChI=1S/C17H22BrN3/c18-13-4-5-16-14(10-13)15(11-20-16)17(12-2-1-3-12)21-8-6-19-7-9-21/h4-5,10-12,17,19-20H,1-3,6-9H2/t17-/m1/s1. The minimum atomic E-state index is 0.587. The number of aromatic nitrogens is 1. The first-order valence-corrected chi connectivity index (χ1v) is 8.83. The predicted molar refractivity (Wildman–Crippen MR) is 90.5 cm³/mol. The maximum atomic E-state index is 3.63. The smallest absolute Gasteiger partial charge is 0.0458 e. The second kappa shape index (κ2) is 5.75. The number of H-pyrrole nitrogens is 1. The van der Waals surface area contributed by atoms with Crippen LogP contribution in [-0.2, 0) is 0 Å². The van der Waals surface area contributed by atoms with Gasteiger partial charge in [0.05, 0.1) is 0 Å². The topological polar surface area (TPSA) is 31.1 Å². The van der Waals surface area contributed by atoms with Gasteiger partial charge in [0.2, 0.25) is 0 Å². The summed E-state index contributed by atoms with van der Waals surface area (Å²) in [5.74, 6) is 0.834. The molecule has 1 aromatic heterocycles. The number of aromatic amines is 1. The first-order chi connectivity index (χ1) is 10.3. The van der Waals surface area contributed by atoms with E-state index in [9.17, 15) is 0 Å². The molecule has 0 unspecified atom stereocenters. The molecule has 1 aliphatic heterocycles. The Labute approximate surface area is 134 Å². The Balaban J connectivity index is 1.75. The number of piperazine rings is 1. The Morgan fingerprint density at radius 3 is 2.71 bits per heavy atom. The zero-order valence-electron chi connectivity index (χ0n) is 12.2. The van der Waals surface area contributed by atoms with Crippen molar-refractivity contribution in [3.63, 3.8) is 0 Å². The quantitative estimate of drug-likeness (QED) is 0.887. The van der Waals surface area contributed by atoms with E-state index in [0.29, 0.717) is 6.04 Å². The van der Waals surface area contributed by atoms with Crippen LogP contribution in [0, 0.1) is 5.92 Å². The van der Waals surface area contributed by atoms with Gasteiger partial charge in [-0.2, -0.15) is 0 Å². The highest BCUT2D eigenvalue weighted by atomic mass is 79.9. The molecule has 4 rings (SSSR count). The summed E-state index contributed by atoms with van der Waals surface area (Å²) < 4.78 is 1.17. The van der Waals surface area contributed by atoms with Crippen LogP contribution in [0.2, 0.25) is 0 Å². The zero-order valence-corrected chi connectivity index (χ0v) is 13.8. The summed E-state index contributed by atoms with van der Waals surface area (Å²) in [5, 5.41) is 4.87. The Morgan fingerprint density at radius 2 is 2.00 bits per heavy atom. The maximum absolute atomic E-state index is 3.63. The number of nitrogens with zero attached hydrogens (tertiary/aromatic N) is 1. The van der Waals surface area contributed by atoms with E-state index in [1.165, 1.54) is 53.3 Å². The molecule has 2 N–H and O–H groups in total. The predicted octanol–water partition coefficient (Wildman–Crippen LogP) is 3.68. The number of benzene rings is 1. The lowest BCUT2D eigenvalue weighted by atomic mass is 9.76. The van der Waals surface area contributed by atoms with Crippen molar-refractivity contribution >= 4 is 26.8 Å². The summed E-state index contributed by atoms with van der Waals surface area (Å²) in [6.07, 6.45) is 6.42. The van der Waals surface area contributed by atoms with E-state index in [-0.39, 0.29) is 0 Å². The molecule has 2 aliphatic rings. The summed E-state index contributed by atoms with van der Waals surface area (Å²) in [6.45, 7) is 4.58. The van der Waals surface area contributed by atoms with Crippen LogP contribution < -0.4 is 5.32 Å².